The maximum atomic E-state index is 12.8. The first-order valence-electron chi connectivity index (χ1n) is 13.8. The molecule has 0 bridgehead atoms. The van der Waals surface area contributed by atoms with E-state index in [1.165, 1.54) is 5.57 Å². The molecule has 200 valence electrons. The monoisotopic (exact) mass is 498 g/mol. The molecule has 0 saturated heterocycles. The summed E-state index contributed by atoms with van der Waals surface area (Å²) in [5.41, 5.74) is 1.41. The fourth-order valence-electron chi connectivity index (χ4n) is 8.88. The fourth-order valence-corrected chi connectivity index (χ4v) is 8.88. The summed E-state index contributed by atoms with van der Waals surface area (Å²) in [5, 5.41) is 33.3. The van der Waals surface area contributed by atoms with Crippen molar-refractivity contribution in [3.8, 4) is 0 Å². The number of hydrogen-bond donors (Lipinski definition) is 3. The lowest BCUT2D eigenvalue weighted by atomic mass is 9.43. The Labute approximate surface area is 216 Å². The van der Waals surface area contributed by atoms with Crippen molar-refractivity contribution in [1.82, 2.24) is 0 Å². The van der Waals surface area contributed by atoms with E-state index in [-0.39, 0.29) is 17.1 Å². The Bertz CT molecular complexity index is 1030. The molecule has 2 saturated carbocycles. The summed E-state index contributed by atoms with van der Waals surface area (Å²) in [5.74, 6) is -1.62. The van der Waals surface area contributed by atoms with Crippen LogP contribution >= 0.6 is 0 Å². The number of hydrogen-bond acceptors (Lipinski definition) is 4. The molecule has 8 atom stereocenters. The van der Waals surface area contributed by atoms with Crippen LogP contribution in [0, 0.1) is 45.3 Å². The van der Waals surface area contributed by atoms with Crippen LogP contribution in [0.15, 0.2) is 35.5 Å². The van der Waals surface area contributed by atoms with E-state index < -0.39 is 46.3 Å². The number of carbonyl (C=O) groups excluding carboxylic acids is 1. The van der Waals surface area contributed by atoms with E-state index in [0.717, 1.165) is 11.1 Å². The van der Waals surface area contributed by atoms with Gasteiger partial charge in [0.15, 0.2) is 0 Å². The van der Waals surface area contributed by atoms with Crippen molar-refractivity contribution in [3.63, 3.8) is 0 Å². The van der Waals surface area contributed by atoms with Crippen molar-refractivity contribution in [3.05, 3.63) is 35.5 Å². The third kappa shape index (κ3) is 3.63. The van der Waals surface area contributed by atoms with Crippen LogP contribution in [0.3, 0.4) is 0 Å². The Morgan fingerprint density at radius 2 is 1.78 bits per heavy atom. The number of fused-ring (bicyclic) bond motifs is 5. The number of aliphatic carboxylic acids is 1. The zero-order chi connectivity index (χ0) is 27.0. The number of aliphatic hydroxyl groups excluding tert-OH is 2. The largest absolute Gasteiger partial charge is 0.481 e. The molecule has 0 aromatic carbocycles. The summed E-state index contributed by atoms with van der Waals surface area (Å²) < 4.78 is 0. The summed E-state index contributed by atoms with van der Waals surface area (Å²) in [6, 6.07) is 0. The fraction of sp³-hybridized carbons (Fsp3) is 0.742. The number of allylic oxidation sites excluding steroid dienone is 4. The van der Waals surface area contributed by atoms with E-state index in [9.17, 15) is 24.9 Å². The number of carbonyl (C=O) groups is 2. The van der Waals surface area contributed by atoms with Crippen molar-refractivity contribution in [2.75, 3.05) is 0 Å². The van der Waals surface area contributed by atoms with Crippen LogP contribution in [0.2, 0.25) is 0 Å². The molecule has 5 heteroatoms. The van der Waals surface area contributed by atoms with Crippen LogP contribution in [-0.4, -0.2) is 39.3 Å². The van der Waals surface area contributed by atoms with E-state index in [1.54, 1.807) is 0 Å². The minimum atomic E-state index is -0.854. The van der Waals surface area contributed by atoms with Crippen LogP contribution in [0.5, 0.6) is 0 Å². The van der Waals surface area contributed by atoms with Crippen LogP contribution in [0.4, 0.5) is 0 Å². The molecule has 4 aliphatic rings. The normalized spacial score (nSPS) is 42.1. The molecule has 0 radical (unpaired) electrons. The van der Waals surface area contributed by atoms with Gasteiger partial charge in [-0.1, -0.05) is 72.8 Å². The standard InChI is InChI=1S/C31H46O5/c1-17(2)18(3)9-10-19(27(35)36)25-23(33)16-31(8)21-15-22(32)26-28(4,5)24(34)12-13-29(26,6)20(21)11-14-30(25,31)7/h11,15,17,19,22-23,25-26,32-33H,3,9-10,12-14,16H2,1-2,4-8H3,(H,35,36)/t19-,22?,23-,25+,26+,29-,30-,31+/m1/s1. The lowest BCUT2D eigenvalue weighted by Gasteiger charge is -2.60. The molecule has 0 aromatic heterocycles. The minimum Gasteiger partial charge on any atom is -0.481 e. The highest BCUT2D eigenvalue weighted by Gasteiger charge is 2.67. The van der Waals surface area contributed by atoms with Crippen molar-refractivity contribution in [2.45, 2.75) is 99.2 Å². The van der Waals surface area contributed by atoms with Gasteiger partial charge in [0.2, 0.25) is 0 Å². The van der Waals surface area contributed by atoms with Gasteiger partial charge >= 0.3 is 5.97 Å². The number of aliphatic hydroxyl groups is 2. The molecule has 0 aromatic rings. The Balaban J connectivity index is 1.77. The molecular weight excluding hydrogens is 452 g/mol. The first-order chi connectivity index (χ1) is 16.5. The Hall–Kier alpha value is -1.72. The Kier molecular flexibility index (Phi) is 6.57. The highest BCUT2D eigenvalue weighted by atomic mass is 16.4. The second-order valence-electron chi connectivity index (χ2n) is 13.8. The molecule has 2 fully saturated rings. The molecule has 0 aliphatic heterocycles. The molecule has 3 N–H and O–H groups in total. The summed E-state index contributed by atoms with van der Waals surface area (Å²) in [6.45, 7) is 18.7. The average molecular weight is 499 g/mol. The molecule has 0 heterocycles. The summed E-state index contributed by atoms with van der Waals surface area (Å²) in [4.78, 5) is 25.4. The van der Waals surface area contributed by atoms with Gasteiger partial charge in [-0.2, -0.15) is 0 Å². The van der Waals surface area contributed by atoms with Gasteiger partial charge in [-0.3, -0.25) is 9.59 Å². The smallest absolute Gasteiger partial charge is 0.306 e. The van der Waals surface area contributed by atoms with E-state index in [0.29, 0.717) is 44.4 Å². The molecule has 1 unspecified atom stereocenters. The van der Waals surface area contributed by atoms with Crippen molar-refractivity contribution >= 4 is 11.8 Å². The first-order valence-corrected chi connectivity index (χ1v) is 13.8. The number of Topliss-reactive ketones (excluding diaryl/α,β-unsaturated/α-hetero) is 1. The van der Waals surface area contributed by atoms with Gasteiger partial charge in [0.05, 0.1) is 18.1 Å². The maximum absolute atomic E-state index is 12.8. The van der Waals surface area contributed by atoms with E-state index >= 15 is 0 Å². The van der Waals surface area contributed by atoms with Crippen LogP contribution in [-0.2, 0) is 9.59 Å². The second-order valence-corrected chi connectivity index (χ2v) is 13.8. The summed E-state index contributed by atoms with van der Waals surface area (Å²) >= 11 is 0. The number of carboxylic acids is 1. The topological polar surface area (TPSA) is 94.8 Å². The van der Waals surface area contributed by atoms with Gasteiger partial charge in [0, 0.05) is 29.1 Å². The summed E-state index contributed by atoms with van der Waals surface area (Å²) in [6.07, 6.45) is 6.16. The Morgan fingerprint density at radius 3 is 2.36 bits per heavy atom. The zero-order valence-corrected chi connectivity index (χ0v) is 23.2. The summed E-state index contributed by atoms with van der Waals surface area (Å²) in [7, 11) is 0. The molecule has 36 heavy (non-hydrogen) atoms. The molecule has 4 aliphatic carbocycles. The zero-order valence-electron chi connectivity index (χ0n) is 23.2. The van der Waals surface area contributed by atoms with E-state index in [2.05, 4.69) is 47.3 Å². The second kappa shape index (κ2) is 8.66. The third-order valence-corrected chi connectivity index (χ3v) is 11.3. The maximum Gasteiger partial charge on any atom is 0.306 e. The van der Waals surface area contributed by atoms with E-state index in [1.807, 2.05) is 19.9 Å². The molecule has 4 rings (SSSR count). The lowest BCUT2D eigenvalue weighted by Crippen LogP contribution is -2.57. The van der Waals surface area contributed by atoms with Crippen LogP contribution in [0.25, 0.3) is 0 Å². The minimum absolute atomic E-state index is 0.204. The highest BCUT2D eigenvalue weighted by Crippen LogP contribution is 2.71. The quantitative estimate of drug-likeness (QED) is 0.408. The van der Waals surface area contributed by atoms with Crippen LogP contribution < -0.4 is 0 Å². The van der Waals surface area contributed by atoms with Crippen molar-refractivity contribution in [2.24, 2.45) is 45.3 Å². The van der Waals surface area contributed by atoms with Gasteiger partial charge in [0.1, 0.15) is 5.78 Å². The van der Waals surface area contributed by atoms with Gasteiger partial charge in [-0.15, -0.1) is 0 Å². The molecule has 0 spiro atoms. The van der Waals surface area contributed by atoms with Crippen LogP contribution in [0.1, 0.15) is 87.0 Å². The highest BCUT2D eigenvalue weighted by molar-refractivity contribution is 5.86. The third-order valence-electron chi connectivity index (χ3n) is 11.3. The van der Waals surface area contributed by atoms with E-state index in [4.69, 9.17) is 0 Å². The SMILES string of the molecule is C=C(CC[C@@H](C(=O)O)[C@H]1[C@H](O)C[C@@]2(C)C3=CC(O)[C@H]4C(C)(C)C(=O)CC[C@]4(C)C3=CC[C@]12C)C(C)C. The lowest BCUT2D eigenvalue weighted by molar-refractivity contribution is -0.148. The van der Waals surface area contributed by atoms with Gasteiger partial charge in [0.25, 0.3) is 0 Å². The van der Waals surface area contributed by atoms with Gasteiger partial charge in [-0.25, -0.2) is 0 Å². The predicted octanol–water partition coefficient (Wildman–Crippen LogP) is 5.72. The van der Waals surface area contributed by atoms with Gasteiger partial charge in [-0.05, 0) is 60.0 Å². The van der Waals surface area contributed by atoms with Crippen molar-refractivity contribution < 1.29 is 24.9 Å². The first kappa shape index (κ1) is 27.3. The van der Waals surface area contributed by atoms with Crippen molar-refractivity contribution in [1.29, 1.82) is 0 Å². The molecular formula is C31H46O5. The molecule has 0 amide bonds. The number of carboxylic acid groups (broad SMARTS) is 1. The predicted molar refractivity (Wildman–Crippen MR) is 141 cm³/mol. The molecule has 5 nitrogen and oxygen atoms in total. The van der Waals surface area contributed by atoms with Gasteiger partial charge < -0.3 is 15.3 Å². The number of rotatable bonds is 6. The average Bonchev–Trinajstić information content (AvgIpc) is 2.97. The number of ketones is 1. The Morgan fingerprint density at radius 1 is 1.14 bits per heavy atom.